The largest absolute Gasteiger partial charge is 0.381 e. The molecule has 1 fully saturated rings. The molecule has 0 aliphatic carbocycles. The first-order chi connectivity index (χ1) is 12.3. The van der Waals surface area contributed by atoms with Crippen molar-refractivity contribution in [1.29, 1.82) is 0 Å². The van der Waals surface area contributed by atoms with E-state index >= 15 is 0 Å². The number of nitrogens with one attached hydrogen (secondary N) is 1. The van der Waals surface area contributed by atoms with Crippen molar-refractivity contribution >= 4 is 17.3 Å². The maximum atomic E-state index is 11.9. The van der Waals surface area contributed by atoms with Crippen LogP contribution in [0.2, 0.25) is 0 Å². The Morgan fingerprint density at radius 1 is 1.16 bits per heavy atom. The molecule has 1 aromatic heterocycles. The predicted octanol–water partition coefficient (Wildman–Crippen LogP) is 3.51. The lowest BCUT2D eigenvalue weighted by Crippen LogP contribution is -2.36. The van der Waals surface area contributed by atoms with Crippen LogP contribution in [0.4, 0.5) is 11.5 Å². The number of morpholine rings is 1. The van der Waals surface area contributed by atoms with Gasteiger partial charge in [-0.3, -0.25) is 4.79 Å². The lowest BCUT2D eigenvalue weighted by molar-refractivity contribution is 0.0981. The Labute approximate surface area is 149 Å². The van der Waals surface area contributed by atoms with E-state index in [-0.39, 0.29) is 5.78 Å². The first-order valence-electron chi connectivity index (χ1n) is 8.91. The minimum atomic E-state index is 0.206. The number of anilines is 2. The number of nitrogens with zero attached hydrogens (tertiary/aromatic N) is 2. The van der Waals surface area contributed by atoms with Crippen LogP contribution >= 0.6 is 0 Å². The van der Waals surface area contributed by atoms with E-state index in [4.69, 9.17) is 4.74 Å². The number of aromatic nitrogens is 1. The van der Waals surface area contributed by atoms with E-state index < -0.39 is 0 Å². The van der Waals surface area contributed by atoms with E-state index in [9.17, 15) is 4.79 Å². The fourth-order valence-corrected chi connectivity index (χ4v) is 2.85. The number of ether oxygens (including phenoxy) is 1. The van der Waals surface area contributed by atoms with Gasteiger partial charge >= 0.3 is 0 Å². The Morgan fingerprint density at radius 2 is 1.92 bits per heavy atom. The molecule has 2 heterocycles. The molecular formula is C20H25N3O2. The monoisotopic (exact) mass is 339 g/mol. The van der Waals surface area contributed by atoms with E-state index in [0.717, 1.165) is 55.4 Å². The fourth-order valence-electron chi connectivity index (χ4n) is 2.85. The quantitative estimate of drug-likeness (QED) is 0.782. The van der Waals surface area contributed by atoms with Crippen molar-refractivity contribution in [2.75, 3.05) is 36.5 Å². The molecule has 1 aliphatic rings. The van der Waals surface area contributed by atoms with Gasteiger partial charge in [0.1, 0.15) is 5.82 Å². The highest BCUT2D eigenvalue weighted by Crippen LogP contribution is 2.15. The smallest absolute Gasteiger partial charge is 0.162 e. The SMILES string of the molecule is CCCC(=O)c1ccc(NCc2ccc(N3CCOCC3)nc2)cc1. The molecule has 0 spiro atoms. The second-order valence-electron chi connectivity index (χ2n) is 6.23. The van der Waals surface area contributed by atoms with Gasteiger partial charge in [0, 0.05) is 43.5 Å². The average molecular weight is 339 g/mol. The Balaban J connectivity index is 1.53. The minimum Gasteiger partial charge on any atom is -0.381 e. The van der Waals surface area contributed by atoms with Crippen molar-refractivity contribution in [2.24, 2.45) is 0 Å². The zero-order valence-electron chi connectivity index (χ0n) is 14.7. The first-order valence-corrected chi connectivity index (χ1v) is 8.91. The van der Waals surface area contributed by atoms with Crippen LogP contribution in [0, 0.1) is 0 Å². The molecule has 132 valence electrons. The summed E-state index contributed by atoms with van der Waals surface area (Å²) < 4.78 is 5.37. The Morgan fingerprint density at radius 3 is 2.56 bits per heavy atom. The van der Waals surface area contributed by atoms with Crippen LogP contribution in [0.1, 0.15) is 35.7 Å². The van der Waals surface area contributed by atoms with Gasteiger partial charge in [0.25, 0.3) is 0 Å². The molecule has 5 nitrogen and oxygen atoms in total. The number of hydrogen-bond donors (Lipinski definition) is 1. The van der Waals surface area contributed by atoms with Crippen molar-refractivity contribution in [1.82, 2.24) is 4.98 Å². The molecule has 0 amide bonds. The van der Waals surface area contributed by atoms with E-state index in [1.54, 1.807) is 0 Å². The van der Waals surface area contributed by atoms with E-state index in [1.165, 1.54) is 0 Å². The molecule has 1 saturated heterocycles. The van der Waals surface area contributed by atoms with Crippen LogP contribution in [0.25, 0.3) is 0 Å². The molecule has 5 heteroatoms. The molecule has 0 bridgehead atoms. The third-order valence-corrected chi connectivity index (χ3v) is 4.32. The van der Waals surface area contributed by atoms with Gasteiger partial charge in [0.2, 0.25) is 0 Å². The summed E-state index contributed by atoms with van der Waals surface area (Å²) in [5.74, 6) is 1.21. The van der Waals surface area contributed by atoms with Crippen LogP contribution in [-0.2, 0) is 11.3 Å². The van der Waals surface area contributed by atoms with Crippen LogP contribution in [0.15, 0.2) is 42.6 Å². The lowest BCUT2D eigenvalue weighted by atomic mass is 10.1. The highest BCUT2D eigenvalue weighted by molar-refractivity contribution is 5.96. The van der Waals surface area contributed by atoms with E-state index in [1.807, 2.05) is 37.4 Å². The predicted molar refractivity (Wildman–Crippen MR) is 100 cm³/mol. The van der Waals surface area contributed by atoms with Gasteiger partial charge in [-0.15, -0.1) is 0 Å². The number of ketones is 1. The molecule has 3 rings (SSSR count). The maximum absolute atomic E-state index is 11.9. The van der Waals surface area contributed by atoms with Gasteiger partial charge in [-0.1, -0.05) is 13.0 Å². The minimum absolute atomic E-state index is 0.206. The number of carbonyl (C=O) groups excluding carboxylic acids is 1. The van der Waals surface area contributed by atoms with E-state index in [2.05, 4.69) is 27.3 Å². The van der Waals surface area contributed by atoms with Crippen molar-refractivity contribution in [3.63, 3.8) is 0 Å². The van der Waals surface area contributed by atoms with Crippen molar-refractivity contribution in [2.45, 2.75) is 26.3 Å². The Hall–Kier alpha value is -2.40. The van der Waals surface area contributed by atoms with Crippen LogP contribution in [0.5, 0.6) is 0 Å². The summed E-state index contributed by atoms with van der Waals surface area (Å²) in [6, 6.07) is 11.9. The average Bonchev–Trinajstić information content (AvgIpc) is 2.68. The molecule has 2 aromatic rings. The molecule has 0 unspecified atom stereocenters. The van der Waals surface area contributed by atoms with Crippen LogP contribution in [-0.4, -0.2) is 37.1 Å². The molecular weight excluding hydrogens is 314 g/mol. The van der Waals surface area contributed by atoms with Gasteiger partial charge in [-0.2, -0.15) is 0 Å². The summed E-state index contributed by atoms with van der Waals surface area (Å²) in [7, 11) is 0. The van der Waals surface area contributed by atoms with Gasteiger partial charge in [-0.05, 0) is 42.3 Å². The van der Waals surface area contributed by atoms with E-state index in [0.29, 0.717) is 13.0 Å². The van der Waals surface area contributed by atoms with Gasteiger partial charge in [-0.25, -0.2) is 4.98 Å². The molecule has 1 aromatic carbocycles. The van der Waals surface area contributed by atoms with Crippen molar-refractivity contribution < 1.29 is 9.53 Å². The Bertz CT molecular complexity index is 677. The zero-order chi connectivity index (χ0) is 17.5. The second kappa shape index (κ2) is 8.62. The standard InChI is InChI=1S/C20H25N3O2/c1-2-3-19(24)17-5-7-18(8-6-17)21-14-16-4-9-20(22-15-16)23-10-12-25-13-11-23/h4-9,15,21H,2-3,10-14H2,1H3. The Kier molecular flexibility index (Phi) is 6.01. The molecule has 0 atom stereocenters. The number of Topliss-reactive ketones (excluding diaryl/α,β-unsaturated/α-hetero) is 1. The topological polar surface area (TPSA) is 54.5 Å². The number of benzene rings is 1. The molecule has 0 saturated carbocycles. The summed E-state index contributed by atoms with van der Waals surface area (Å²) in [6.45, 7) is 6.05. The number of carbonyl (C=O) groups is 1. The zero-order valence-corrected chi connectivity index (χ0v) is 14.7. The fraction of sp³-hybridized carbons (Fsp3) is 0.400. The van der Waals surface area contributed by atoms with Crippen LogP contribution < -0.4 is 10.2 Å². The molecule has 25 heavy (non-hydrogen) atoms. The summed E-state index contributed by atoms with van der Waals surface area (Å²) in [4.78, 5) is 18.7. The maximum Gasteiger partial charge on any atom is 0.162 e. The molecule has 0 radical (unpaired) electrons. The third kappa shape index (κ3) is 4.79. The van der Waals surface area contributed by atoms with Crippen molar-refractivity contribution in [3.05, 3.63) is 53.7 Å². The lowest BCUT2D eigenvalue weighted by Gasteiger charge is -2.27. The molecule has 1 N–H and O–H groups in total. The third-order valence-electron chi connectivity index (χ3n) is 4.32. The first kappa shape index (κ1) is 17.4. The van der Waals surface area contributed by atoms with Crippen LogP contribution in [0.3, 0.4) is 0 Å². The summed E-state index contributed by atoms with van der Waals surface area (Å²) in [5.41, 5.74) is 2.91. The highest BCUT2D eigenvalue weighted by Gasteiger charge is 2.11. The van der Waals surface area contributed by atoms with Gasteiger partial charge in [0.05, 0.1) is 13.2 Å². The van der Waals surface area contributed by atoms with Gasteiger partial charge in [0.15, 0.2) is 5.78 Å². The summed E-state index contributed by atoms with van der Waals surface area (Å²) in [6.07, 6.45) is 3.40. The second-order valence-corrected chi connectivity index (χ2v) is 6.23. The molecule has 1 aliphatic heterocycles. The normalized spacial score (nSPS) is 14.4. The van der Waals surface area contributed by atoms with Crippen molar-refractivity contribution in [3.8, 4) is 0 Å². The number of hydrogen-bond acceptors (Lipinski definition) is 5. The number of rotatable bonds is 7. The highest BCUT2D eigenvalue weighted by atomic mass is 16.5. The van der Waals surface area contributed by atoms with Gasteiger partial charge < -0.3 is 15.0 Å². The number of pyridine rings is 1. The summed E-state index contributed by atoms with van der Waals surface area (Å²) >= 11 is 0. The summed E-state index contributed by atoms with van der Waals surface area (Å²) in [5, 5.41) is 3.37.